The molecule has 0 saturated carbocycles. The Balaban J connectivity index is 0.000000202. The maximum absolute atomic E-state index is 9.82. The van der Waals surface area contributed by atoms with Crippen molar-refractivity contribution in [1.29, 1.82) is 0 Å². The molecule has 3 heteroatoms. The first kappa shape index (κ1) is 10.4. The standard InChI is InChI=1S/C5H5N.C4H7NO/c1-2-4-6-5-3-1;1-3(2)4(5)6/h1-5H;1H2,2H3,(H2,5,6). The molecule has 1 aromatic heterocycles. The van der Waals surface area contributed by atoms with Crippen LogP contribution in [0.3, 0.4) is 0 Å². The molecule has 1 aromatic rings. The lowest BCUT2D eigenvalue weighted by molar-refractivity contribution is -0.114. The summed E-state index contributed by atoms with van der Waals surface area (Å²) in [6.45, 7) is 4.85. The van der Waals surface area contributed by atoms with Gasteiger partial charge in [0.1, 0.15) is 0 Å². The number of aromatic nitrogens is 1. The van der Waals surface area contributed by atoms with Gasteiger partial charge in [-0.05, 0) is 19.1 Å². The predicted octanol–water partition coefficient (Wildman–Crippen LogP) is 1.13. The van der Waals surface area contributed by atoms with E-state index >= 15 is 0 Å². The van der Waals surface area contributed by atoms with Gasteiger partial charge in [-0.2, -0.15) is 0 Å². The van der Waals surface area contributed by atoms with E-state index in [0.717, 1.165) is 0 Å². The van der Waals surface area contributed by atoms with Gasteiger partial charge in [-0.15, -0.1) is 0 Å². The van der Waals surface area contributed by atoms with Gasteiger partial charge in [0.25, 0.3) is 0 Å². The van der Waals surface area contributed by atoms with Crippen LogP contribution in [-0.4, -0.2) is 10.9 Å². The molecular weight excluding hydrogens is 152 g/mol. The zero-order valence-corrected chi connectivity index (χ0v) is 7.03. The van der Waals surface area contributed by atoms with E-state index in [-0.39, 0.29) is 0 Å². The summed E-state index contributed by atoms with van der Waals surface area (Å²) >= 11 is 0. The van der Waals surface area contributed by atoms with Crippen molar-refractivity contribution in [3.63, 3.8) is 0 Å². The van der Waals surface area contributed by atoms with E-state index in [4.69, 9.17) is 5.73 Å². The molecule has 0 unspecified atom stereocenters. The molecule has 3 nitrogen and oxygen atoms in total. The number of nitrogens with two attached hydrogens (primary N) is 1. The molecule has 0 radical (unpaired) electrons. The molecule has 0 spiro atoms. The Hall–Kier alpha value is -1.64. The van der Waals surface area contributed by atoms with Gasteiger partial charge < -0.3 is 5.73 Å². The van der Waals surface area contributed by atoms with Gasteiger partial charge in [0.2, 0.25) is 5.91 Å². The normalized spacial score (nSPS) is 7.75. The molecule has 0 bridgehead atoms. The zero-order chi connectivity index (χ0) is 9.40. The van der Waals surface area contributed by atoms with Gasteiger partial charge in [0.15, 0.2) is 0 Å². The fourth-order valence-electron chi connectivity index (χ4n) is 0.313. The Morgan fingerprint density at radius 1 is 1.33 bits per heavy atom. The highest BCUT2D eigenvalue weighted by Crippen LogP contribution is 1.78. The lowest BCUT2D eigenvalue weighted by atomic mass is 10.3. The van der Waals surface area contributed by atoms with E-state index in [1.54, 1.807) is 19.3 Å². The molecule has 0 aliphatic rings. The van der Waals surface area contributed by atoms with Crippen molar-refractivity contribution in [3.8, 4) is 0 Å². The molecule has 0 aromatic carbocycles. The minimum atomic E-state index is -0.435. The third-order valence-corrected chi connectivity index (χ3v) is 0.987. The van der Waals surface area contributed by atoms with Crippen LogP contribution < -0.4 is 5.73 Å². The second-order valence-electron chi connectivity index (χ2n) is 2.17. The highest BCUT2D eigenvalue weighted by Gasteiger charge is 1.86. The van der Waals surface area contributed by atoms with Crippen LogP contribution in [0.25, 0.3) is 0 Å². The minimum Gasteiger partial charge on any atom is -0.366 e. The summed E-state index contributed by atoms with van der Waals surface area (Å²) < 4.78 is 0. The number of pyridine rings is 1. The average molecular weight is 164 g/mol. The lowest BCUT2D eigenvalue weighted by Gasteiger charge is -1.81. The van der Waals surface area contributed by atoms with Crippen LogP contribution in [-0.2, 0) is 4.79 Å². The third kappa shape index (κ3) is 6.48. The van der Waals surface area contributed by atoms with Crippen LogP contribution in [0.5, 0.6) is 0 Å². The lowest BCUT2D eigenvalue weighted by Crippen LogP contribution is -2.10. The molecule has 1 heterocycles. The quantitative estimate of drug-likeness (QED) is 0.632. The summed E-state index contributed by atoms with van der Waals surface area (Å²) in [7, 11) is 0. The van der Waals surface area contributed by atoms with Crippen LogP contribution in [0, 0.1) is 0 Å². The summed E-state index contributed by atoms with van der Waals surface area (Å²) in [5.41, 5.74) is 5.09. The van der Waals surface area contributed by atoms with Crippen molar-refractivity contribution in [1.82, 2.24) is 4.98 Å². The van der Waals surface area contributed by atoms with Crippen molar-refractivity contribution >= 4 is 5.91 Å². The number of carbonyl (C=O) groups excluding carboxylic acids is 1. The molecule has 1 amide bonds. The fraction of sp³-hybridized carbons (Fsp3) is 0.111. The second kappa shape index (κ2) is 6.09. The number of hydrogen-bond acceptors (Lipinski definition) is 2. The van der Waals surface area contributed by atoms with Crippen molar-refractivity contribution in [2.24, 2.45) is 5.73 Å². The second-order valence-corrected chi connectivity index (χ2v) is 2.17. The summed E-state index contributed by atoms with van der Waals surface area (Å²) in [6.07, 6.45) is 3.50. The van der Waals surface area contributed by atoms with E-state index in [1.807, 2.05) is 18.2 Å². The Labute approximate surface area is 71.9 Å². The number of amides is 1. The number of rotatable bonds is 1. The van der Waals surface area contributed by atoms with E-state index in [9.17, 15) is 4.79 Å². The van der Waals surface area contributed by atoms with Crippen LogP contribution in [0.15, 0.2) is 42.7 Å². The summed E-state index contributed by atoms with van der Waals surface area (Å²) in [6, 6.07) is 5.72. The van der Waals surface area contributed by atoms with Crippen molar-refractivity contribution in [2.75, 3.05) is 0 Å². The van der Waals surface area contributed by atoms with Crippen LogP contribution >= 0.6 is 0 Å². The third-order valence-electron chi connectivity index (χ3n) is 0.987. The molecule has 2 N–H and O–H groups in total. The van der Waals surface area contributed by atoms with E-state index < -0.39 is 5.91 Å². The summed E-state index contributed by atoms with van der Waals surface area (Å²) in [5.74, 6) is -0.435. The van der Waals surface area contributed by atoms with Crippen molar-refractivity contribution < 1.29 is 4.79 Å². The topological polar surface area (TPSA) is 56.0 Å². The van der Waals surface area contributed by atoms with Gasteiger partial charge in [0.05, 0.1) is 0 Å². The van der Waals surface area contributed by atoms with E-state index in [0.29, 0.717) is 5.57 Å². The first-order valence-electron chi connectivity index (χ1n) is 3.45. The molecule has 0 saturated heterocycles. The SMILES string of the molecule is C=C(C)C(N)=O.c1ccncc1. The van der Waals surface area contributed by atoms with Gasteiger partial charge in [-0.3, -0.25) is 9.78 Å². The van der Waals surface area contributed by atoms with E-state index in [2.05, 4.69) is 11.6 Å². The van der Waals surface area contributed by atoms with E-state index in [1.165, 1.54) is 0 Å². The highest BCUT2D eigenvalue weighted by molar-refractivity contribution is 5.90. The number of hydrogen-bond donors (Lipinski definition) is 1. The first-order valence-corrected chi connectivity index (χ1v) is 3.45. The maximum Gasteiger partial charge on any atom is 0.243 e. The summed E-state index contributed by atoms with van der Waals surface area (Å²) in [5, 5.41) is 0. The molecule has 0 aliphatic carbocycles. The molecular formula is C9H12N2O. The molecule has 0 aliphatic heterocycles. The van der Waals surface area contributed by atoms with Crippen LogP contribution in [0.1, 0.15) is 6.92 Å². The number of carbonyl (C=O) groups is 1. The summed E-state index contributed by atoms with van der Waals surface area (Å²) in [4.78, 5) is 13.6. The molecule has 0 fully saturated rings. The van der Waals surface area contributed by atoms with Gasteiger partial charge in [0, 0.05) is 18.0 Å². The Kier molecular flexibility index (Phi) is 5.26. The van der Waals surface area contributed by atoms with Crippen molar-refractivity contribution in [3.05, 3.63) is 42.7 Å². The largest absolute Gasteiger partial charge is 0.366 e. The monoisotopic (exact) mass is 164 g/mol. The number of primary amides is 1. The Morgan fingerprint density at radius 2 is 1.75 bits per heavy atom. The Morgan fingerprint density at radius 3 is 1.83 bits per heavy atom. The predicted molar refractivity (Wildman–Crippen MR) is 48.2 cm³/mol. The first-order chi connectivity index (χ1) is 5.64. The smallest absolute Gasteiger partial charge is 0.243 e. The Bertz CT molecular complexity index is 205. The van der Waals surface area contributed by atoms with Gasteiger partial charge in [-0.25, -0.2) is 0 Å². The molecule has 1 rings (SSSR count). The molecule has 12 heavy (non-hydrogen) atoms. The van der Waals surface area contributed by atoms with Crippen LogP contribution in [0.2, 0.25) is 0 Å². The highest BCUT2D eigenvalue weighted by atomic mass is 16.1. The zero-order valence-electron chi connectivity index (χ0n) is 7.03. The maximum atomic E-state index is 9.82. The number of nitrogens with zero attached hydrogens (tertiary/aromatic N) is 1. The van der Waals surface area contributed by atoms with Crippen LogP contribution in [0.4, 0.5) is 0 Å². The molecule has 64 valence electrons. The minimum absolute atomic E-state index is 0.398. The average Bonchev–Trinajstić information content (AvgIpc) is 2.08. The van der Waals surface area contributed by atoms with Gasteiger partial charge >= 0.3 is 0 Å². The molecule has 0 atom stereocenters. The van der Waals surface area contributed by atoms with Crippen molar-refractivity contribution in [2.45, 2.75) is 6.92 Å². The van der Waals surface area contributed by atoms with Gasteiger partial charge in [-0.1, -0.05) is 12.6 Å². The fourth-order valence-corrected chi connectivity index (χ4v) is 0.313.